The van der Waals surface area contributed by atoms with Gasteiger partial charge in [0.15, 0.2) is 0 Å². The van der Waals surface area contributed by atoms with Crippen molar-refractivity contribution < 1.29 is 0 Å². The predicted molar refractivity (Wildman–Crippen MR) is 109 cm³/mol. The van der Waals surface area contributed by atoms with Crippen LogP contribution in [0.2, 0.25) is 0 Å². The van der Waals surface area contributed by atoms with Gasteiger partial charge in [-0.25, -0.2) is 15.0 Å². The van der Waals surface area contributed by atoms with Crippen molar-refractivity contribution in [2.45, 2.75) is 32.7 Å². The van der Waals surface area contributed by atoms with Gasteiger partial charge in [0.2, 0.25) is 5.95 Å². The Morgan fingerprint density at radius 2 is 1.89 bits per heavy atom. The summed E-state index contributed by atoms with van der Waals surface area (Å²) in [5.41, 5.74) is 11.1. The summed E-state index contributed by atoms with van der Waals surface area (Å²) in [6.45, 7) is 2.94. The summed E-state index contributed by atoms with van der Waals surface area (Å²) in [6.07, 6.45) is 7.08. The molecule has 0 amide bonds. The van der Waals surface area contributed by atoms with Crippen LogP contribution in [0.1, 0.15) is 31.0 Å². The van der Waals surface area contributed by atoms with Gasteiger partial charge in [-0.2, -0.15) is 0 Å². The molecule has 136 valence electrons. The molecule has 5 heteroatoms. The molecular weight excluding hydrogens is 334 g/mol. The van der Waals surface area contributed by atoms with Crippen molar-refractivity contribution in [3.63, 3.8) is 0 Å². The Labute approximate surface area is 158 Å². The van der Waals surface area contributed by atoms with Crippen molar-refractivity contribution in [3.05, 3.63) is 72.2 Å². The summed E-state index contributed by atoms with van der Waals surface area (Å²) in [5, 5.41) is 1.08. The zero-order valence-corrected chi connectivity index (χ0v) is 15.5. The molecule has 0 unspecified atom stereocenters. The second kappa shape index (κ2) is 7.58. The molecule has 0 aliphatic rings. The second-order valence-corrected chi connectivity index (χ2v) is 6.74. The largest absolute Gasteiger partial charge is 0.368 e. The number of hydrogen-bond donors (Lipinski definition) is 1. The monoisotopic (exact) mass is 357 g/mol. The lowest BCUT2D eigenvalue weighted by molar-refractivity contribution is 0.775. The number of nitrogens with two attached hydrogens (primary N) is 1. The molecule has 0 saturated carbocycles. The van der Waals surface area contributed by atoms with Gasteiger partial charge in [-0.15, -0.1) is 0 Å². The highest BCUT2D eigenvalue weighted by Crippen LogP contribution is 2.29. The van der Waals surface area contributed by atoms with Crippen LogP contribution in [-0.4, -0.2) is 19.5 Å². The van der Waals surface area contributed by atoms with E-state index in [9.17, 15) is 0 Å². The van der Waals surface area contributed by atoms with Gasteiger partial charge in [-0.1, -0.05) is 43.7 Å². The van der Waals surface area contributed by atoms with Crippen molar-refractivity contribution in [3.8, 4) is 11.3 Å². The number of pyridine rings is 1. The number of unbranched alkanes of at least 4 members (excludes halogenated alkanes) is 1. The fourth-order valence-electron chi connectivity index (χ4n) is 3.37. The average molecular weight is 357 g/mol. The molecule has 0 aliphatic carbocycles. The maximum absolute atomic E-state index is 6.00. The minimum atomic E-state index is 0.325. The maximum atomic E-state index is 6.00. The van der Waals surface area contributed by atoms with Crippen LogP contribution in [0.3, 0.4) is 0 Å². The number of aryl methyl sites for hydroxylation is 1. The third kappa shape index (κ3) is 3.67. The van der Waals surface area contributed by atoms with Crippen molar-refractivity contribution in [2.75, 3.05) is 5.73 Å². The van der Waals surface area contributed by atoms with Gasteiger partial charge in [-0.05, 0) is 36.6 Å². The molecule has 4 rings (SSSR count). The molecule has 27 heavy (non-hydrogen) atoms. The lowest BCUT2D eigenvalue weighted by atomic mass is 10.1. The van der Waals surface area contributed by atoms with E-state index in [1.807, 2.05) is 18.3 Å². The highest BCUT2D eigenvalue weighted by molar-refractivity contribution is 5.93. The van der Waals surface area contributed by atoms with Gasteiger partial charge < -0.3 is 10.3 Å². The van der Waals surface area contributed by atoms with Gasteiger partial charge >= 0.3 is 0 Å². The predicted octanol–water partition coefficient (Wildman–Crippen LogP) is 4.47. The lowest BCUT2D eigenvalue weighted by Gasteiger charge is -2.05. The topological polar surface area (TPSA) is 69.6 Å². The van der Waals surface area contributed by atoms with E-state index in [4.69, 9.17) is 5.73 Å². The van der Waals surface area contributed by atoms with E-state index in [1.54, 1.807) is 0 Å². The molecule has 1 aromatic carbocycles. The molecule has 5 nitrogen and oxygen atoms in total. The van der Waals surface area contributed by atoms with Crippen LogP contribution in [0.25, 0.3) is 22.3 Å². The third-order valence-electron chi connectivity index (χ3n) is 4.69. The summed E-state index contributed by atoms with van der Waals surface area (Å²) in [6, 6.07) is 16.5. The molecule has 0 saturated heterocycles. The Balaban J connectivity index is 1.80. The minimum absolute atomic E-state index is 0.325. The number of nitrogen functional groups attached to an aromatic ring is 1. The van der Waals surface area contributed by atoms with E-state index in [0.29, 0.717) is 5.95 Å². The Kier molecular flexibility index (Phi) is 4.83. The fraction of sp³-hybridized carbons (Fsp3) is 0.227. The van der Waals surface area contributed by atoms with Crippen molar-refractivity contribution >= 4 is 17.0 Å². The van der Waals surface area contributed by atoms with E-state index in [0.717, 1.165) is 53.8 Å². The molecular formula is C22H23N5. The second-order valence-electron chi connectivity index (χ2n) is 6.74. The zero-order valence-electron chi connectivity index (χ0n) is 15.5. The van der Waals surface area contributed by atoms with Crippen LogP contribution in [0.4, 0.5) is 5.95 Å². The highest BCUT2D eigenvalue weighted by Gasteiger charge is 2.14. The molecule has 0 radical (unpaired) electrons. The van der Waals surface area contributed by atoms with Crippen LogP contribution < -0.4 is 5.73 Å². The first-order valence-corrected chi connectivity index (χ1v) is 9.36. The normalized spacial score (nSPS) is 11.1. The zero-order chi connectivity index (χ0) is 18.6. The van der Waals surface area contributed by atoms with E-state index in [1.165, 1.54) is 5.56 Å². The average Bonchev–Trinajstić information content (AvgIpc) is 3.05. The molecule has 3 heterocycles. The van der Waals surface area contributed by atoms with Gasteiger partial charge in [0.1, 0.15) is 5.65 Å². The standard InChI is InChI=1S/C22H23N5/c1-2-3-10-17-13-20(26-22(23)25-17)19-15-27(14-16-8-5-4-6-9-16)21-18(19)11-7-12-24-21/h4-9,11-13,15H,2-3,10,14H2,1H3,(H2,23,25,26). The van der Waals surface area contributed by atoms with Gasteiger partial charge in [-0.3, -0.25) is 0 Å². The van der Waals surface area contributed by atoms with Gasteiger partial charge in [0, 0.05) is 35.6 Å². The van der Waals surface area contributed by atoms with Crippen molar-refractivity contribution in [1.29, 1.82) is 0 Å². The van der Waals surface area contributed by atoms with E-state index in [2.05, 4.69) is 69.0 Å². The first-order chi connectivity index (χ1) is 13.2. The molecule has 0 bridgehead atoms. The SMILES string of the molecule is CCCCc1cc(-c2cn(Cc3ccccc3)c3ncccc23)nc(N)n1. The summed E-state index contributed by atoms with van der Waals surface area (Å²) in [5.74, 6) is 0.325. The highest BCUT2D eigenvalue weighted by atomic mass is 15.0. The Morgan fingerprint density at radius 1 is 1.04 bits per heavy atom. The Morgan fingerprint density at radius 3 is 2.70 bits per heavy atom. The molecule has 0 spiro atoms. The molecule has 0 aliphatic heterocycles. The van der Waals surface area contributed by atoms with Crippen molar-refractivity contribution in [1.82, 2.24) is 19.5 Å². The quantitative estimate of drug-likeness (QED) is 0.553. The number of benzene rings is 1. The molecule has 3 aromatic heterocycles. The van der Waals surface area contributed by atoms with Crippen LogP contribution in [0, 0.1) is 0 Å². The summed E-state index contributed by atoms with van der Waals surface area (Å²) in [7, 11) is 0. The summed E-state index contributed by atoms with van der Waals surface area (Å²) >= 11 is 0. The molecule has 0 atom stereocenters. The number of rotatable bonds is 6. The summed E-state index contributed by atoms with van der Waals surface area (Å²) < 4.78 is 2.17. The van der Waals surface area contributed by atoms with Crippen LogP contribution in [0.5, 0.6) is 0 Å². The number of anilines is 1. The fourth-order valence-corrected chi connectivity index (χ4v) is 3.37. The number of fused-ring (bicyclic) bond motifs is 1. The first-order valence-electron chi connectivity index (χ1n) is 9.36. The number of hydrogen-bond acceptors (Lipinski definition) is 4. The van der Waals surface area contributed by atoms with Crippen LogP contribution in [0.15, 0.2) is 60.9 Å². The lowest BCUT2D eigenvalue weighted by Crippen LogP contribution is -2.01. The molecule has 0 fully saturated rings. The van der Waals surface area contributed by atoms with Gasteiger partial charge in [0.05, 0.1) is 5.69 Å². The van der Waals surface area contributed by atoms with E-state index in [-0.39, 0.29) is 0 Å². The first kappa shape index (κ1) is 17.2. The van der Waals surface area contributed by atoms with E-state index >= 15 is 0 Å². The Bertz CT molecular complexity index is 1050. The van der Waals surface area contributed by atoms with Crippen LogP contribution in [-0.2, 0) is 13.0 Å². The van der Waals surface area contributed by atoms with Crippen LogP contribution >= 0.6 is 0 Å². The van der Waals surface area contributed by atoms with E-state index < -0.39 is 0 Å². The Hall–Kier alpha value is -3.21. The maximum Gasteiger partial charge on any atom is 0.220 e. The molecule has 4 aromatic rings. The third-order valence-corrected chi connectivity index (χ3v) is 4.69. The summed E-state index contributed by atoms with van der Waals surface area (Å²) in [4.78, 5) is 13.5. The van der Waals surface area contributed by atoms with Gasteiger partial charge in [0.25, 0.3) is 0 Å². The number of nitrogens with zero attached hydrogens (tertiary/aromatic N) is 4. The minimum Gasteiger partial charge on any atom is -0.368 e. The molecule has 2 N–H and O–H groups in total. The smallest absolute Gasteiger partial charge is 0.220 e. The van der Waals surface area contributed by atoms with Crippen molar-refractivity contribution in [2.24, 2.45) is 0 Å². The number of aromatic nitrogens is 4.